The molecule has 1 amide bonds. The predicted octanol–water partition coefficient (Wildman–Crippen LogP) is 5.50. The van der Waals surface area contributed by atoms with E-state index in [1.807, 2.05) is 47.4 Å². The molecule has 2 aromatic carbocycles. The van der Waals surface area contributed by atoms with Crippen molar-refractivity contribution in [2.75, 3.05) is 13.2 Å². The molecule has 6 heteroatoms. The lowest BCUT2D eigenvalue weighted by Gasteiger charge is -2.30. The number of nitrogens with zero attached hydrogens (tertiary/aromatic N) is 2. The number of carbonyl (C=O) groups excluding carboxylic acids is 1. The molecule has 1 fully saturated rings. The molecule has 3 aromatic rings. The molecule has 0 N–H and O–H groups in total. The lowest BCUT2D eigenvalue weighted by Crippen LogP contribution is -2.39. The molecule has 5 nitrogen and oxygen atoms in total. The van der Waals surface area contributed by atoms with Gasteiger partial charge in [0, 0.05) is 41.0 Å². The molecule has 1 aliphatic carbocycles. The predicted molar refractivity (Wildman–Crippen MR) is 124 cm³/mol. The molecule has 2 heterocycles. The van der Waals surface area contributed by atoms with Crippen LogP contribution in [0, 0.1) is 5.92 Å². The lowest BCUT2D eigenvalue weighted by atomic mass is 9.84. The van der Waals surface area contributed by atoms with Gasteiger partial charge < -0.3 is 14.4 Å². The van der Waals surface area contributed by atoms with Gasteiger partial charge in [-0.25, -0.2) is 0 Å². The second kappa shape index (κ2) is 9.21. The number of ether oxygens (including phenoxy) is 2. The zero-order chi connectivity index (χ0) is 21.9. The Balaban J connectivity index is 1.50. The maximum absolute atomic E-state index is 13.0. The largest absolute Gasteiger partial charge is 0.487 e. The van der Waals surface area contributed by atoms with E-state index in [0.29, 0.717) is 42.8 Å². The van der Waals surface area contributed by atoms with Gasteiger partial charge >= 0.3 is 0 Å². The maximum atomic E-state index is 13.0. The van der Waals surface area contributed by atoms with Crippen molar-refractivity contribution in [2.45, 2.75) is 32.4 Å². The van der Waals surface area contributed by atoms with Crippen LogP contribution < -0.4 is 9.47 Å². The fraction of sp³-hybridized carbons (Fsp3) is 0.308. The van der Waals surface area contributed by atoms with Crippen LogP contribution in [0.25, 0.3) is 11.1 Å². The van der Waals surface area contributed by atoms with Gasteiger partial charge in [-0.1, -0.05) is 36.2 Å². The molecule has 5 rings (SSSR count). The first-order chi connectivity index (χ1) is 15.7. The molecule has 0 saturated heterocycles. The van der Waals surface area contributed by atoms with Crippen molar-refractivity contribution in [1.82, 2.24) is 9.88 Å². The number of rotatable bonds is 5. The Hall–Kier alpha value is -3.05. The first-order valence-corrected chi connectivity index (χ1v) is 11.4. The number of aromatic nitrogens is 1. The zero-order valence-electron chi connectivity index (χ0n) is 17.8. The maximum Gasteiger partial charge on any atom is 0.226 e. The average molecular weight is 449 g/mol. The molecule has 0 atom stereocenters. The third-order valence-electron chi connectivity index (χ3n) is 6.14. The molecule has 0 unspecified atom stereocenters. The fourth-order valence-electron chi connectivity index (χ4n) is 4.17. The minimum atomic E-state index is 0.161. The van der Waals surface area contributed by atoms with Crippen LogP contribution in [0.15, 0.2) is 60.9 Å². The van der Waals surface area contributed by atoms with Crippen LogP contribution in [0.5, 0.6) is 11.5 Å². The highest BCUT2D eigenvalue weighted by molar-refractivity contribution is 6.30. The second-order valence-corrected chi connectivity index (χ2v) is 8.80. The Morgan fingerprint density at radius 2 is 2.06 bits per heavy atom. The van der Waals surface area contributed by atoms with Gasteiger partial charge in [-0.15, -0.1) is 0 Å². The van der Waals surface area contributed by atoms with E-state index < -0.39 is 0 Å². The molecule has 0 spiro atoms. The fourth-order valence-corrected chi connectivity index (χ4v) is 4.36. The number of amides is 1. The van der Waals surface area contributed by atoms with E-state index in [4.69, 9.17) is 21.1 Å². The van der Waals surface area contributed by atoms with Crippen molar-refractivity contribution in [3.8, 4) is 22.6 Å². The molecule has 1 saturated carbocycles. The molecule has 1 aromatic heterocycles. The van der Waals surface area contributed by atoms with E-state index in [2.05, 4.69) is 11.1 Å². The van der Waals surface area contributed by atoms with Crippen molar-refractivity contribution in [1.29, 1.82) is 0 Å². The number of hydrogen-bond acceptors (Lipinski definition) is 4. The lowest BCUT2D eigenvalue weighted by molar-refractivity contribution is -0.138. The molecule has 0 bridgehead atoms. The highest BCUT2D eigenvalue weighted by atomic mass is 35.5. The Kier molecular flexibility index (Phi) is 5.99. The number of carbonyl (C=O) groups is 1. The van der Waals surface area contributed by atoms with Crippen LogP contribution in [-0.2, 0) is 17.9 Å². The Morgan fingerprint density at radius 1 is 1.16 bits per heavy atom. The highest BCUT2D eigenvalue weighted by Gasteiger charge is 2.31. The van der Waals surface area contributed by atoms with Crippen LogP contribution >= 0.6 is 11.6 Å². The van der Waals surface area contributed by atoms with E-state index in [1.54, 1.807) is 12.4 Å². The van der Waals surface area contributed by atoms with Gasteiger partial charge in [0.25, 0.3) is 0 Å². The number of fused-ring (bicyclic) bond motifs is 1. The Bertz CT molecular complexity index is 1120. The van der Waals surface area contributed by atoms with Crippen molar-refractivity contribution in [3.63, 3.8) is 0 Å². The minimum absolute atomic E-state index is 0.161. The van der Waals surface area contributed by atoms with Gasteiger partial charge in [-0.2, -0.15) is 0 Å². The van der Waals surface area contributed by atoms with Gasteiger partial charge in [0.1, 0.15) is 13.2 Å². The van der Waals surface area contributed by atoms with Crippen molar-refractivity contribution < 1.29 is 14.3 Å². The van der Waals surface area contributed by atoms with Gasteiger partial charge in [0.15, 0.2) is 11.5 Å². The molecular weight excluding hydrogens is 424 g/mol. The van der Waals surface area contributed by atoms with Crippen molar-refractivity contribution in [2.24, 2.45) is 5.92 Å². The van der Waals surface area contributed by atoms with E-state index >= 15 is 0 Å². The smallest absolute Gasteiger partial charge is 0.226 e. The summed E-state index contributed by atoms with van der Waals surface area (Å²) in [5.41, 5.74) is 3.90. The summed E-state index contributed by atoms with van der Waals surface area (Å²) in [5, 5.41) is 0.674. The van der Waals surface area contributed by atoms with Gasteiger partial charge in [0.05, 0.1) is 6.54 Å². The summed E-state index contributed by atoms with van der Waals surface area (Å²) in [6, 6.07) is 15.7. The van der Waals surface area contributed by atoms with Crippen LogP contribution in [0.2, 0.25) is 5.02 Å². The first-order valence-electron chi connectivity index (χ1n) is 11.0. The van der Waals surface area contributed by atoms with E-state index in [9.17, 15) is 4.79 Å². The van der Waals surface area contributed by atoms with E-state index in [-0.39, 0.29) is 11.8 Å². The van der Waals surface area contributed by atoms with Gasteiger partial charge in [-0.05, 0) is 54.3 Å². The monoisotopic (exact) mass is 448 g/mol. The highest BCUT2D eigenvalue weighted by Crippen LogP contribution is 2.40. The van der Waals surface area contributed by atoms with Crippen LogP contribution in [0.1, 0.15) is 30.4 Å². The average Bonchev–Trinajstić information content (AvgIpc) is 2.99. The zero-order valence-corrected chi connectivity index (χ0v) is 18.6. The molecular formula is C26H25ClN2O3. The standard InChI is InChI=1S/C26H25ClN2O3/c27-23-8-2-7-20(13-23)21-12-22-16-29(26(30)19-5-1-6-19)10-11-31-25(22)24(14-21)32-17-18-4-3-9-28-15-18/h2-4,7-9,12-15,19H,1,5-6,10-11,16-17H2. The summed E-state index contributed by atoms with van der Waals surface area (Å²) < 4.78 is 12.3. The minimum Gasteiger partial charge on any atom is -0.487 e. The normalized spacial score (nSPS) is 15.8. The summed E-state index contributed by atoms with van der Waals surface area (Å²) in [4.78, 5) is 19.0. The van der Waals surface area contributed by atoms with Gasteiger partial charge in [0.2, 0.25) is 5.91 Å². The van der Waals surface area contributed by atoms with Crippen LogP contribution in [0.4, 0.5) is 0 Å². The molecule has 0 radical (unpaired) electrons. The Labute approximate surface area is 192 Å². The summed E-state index contributed by atoms with van der Waals surface area (Å²) >= 11 is 6.25. The third kappa shape index (κ3) is 4.44. The van der Waals surface area contributed by atoms with Crippen LogP contribution in [-0.4, -0.2) is 28.9 Å². The SMILES string of the molecule is O=C(C1CCC1)N1CCOc2c(cc(-c3cccc(Cl)c3)cc2OCc2cccnc2)C1. The number of halogens is 1. The molecule has 2 aliphatic rings. The summed E-state index contributed by atoms with van der Waals surface area (Å²) in [7, 11) is 0. The van der Waals surface area contributed by atoms with Crippen LogP contribution in [0.3, 0.4) is 0 Å². The molecule has 164 valence electrons. The Morgan fingerprint density at radius 3 is 2.81 bits per heavy atom. The summed E-state index contributed by atoms with van der Waals surface area (Å²) in [6.45, 7) is 1.93. The third-order valence-corrected chi connectivity index (χ3v) is 6.38. The van der Waals surface area contributed by atoms with Crippen molar-refractivity contribution >= 4 is 17.5 Å². The second-order valence-electron chi connectivity index (χ2n) is 8.36. The summed E-state index contributed by atoms with van der Waals surface area (Å²) in [6.07, 6.45) is 6.66. The van der Waals surface area contributed by atoms with Gasteiger partial charge in [-0.3, -0.25) is 9.78 Å². The topological polar surface area (TPSA) is 51.7 Å². The van der Waals surface area contributed by atoms with Crippen molar-refractivity contribution in [3.05, 3.63) is 77.1 Å². The molecule has 1 aliphatic heterocycles. The quantitative estimate of drug-likeness (QED) is 0.517. The number of hydrogen-bond donors (Lipinski definition) is 0. The summed E-state index contributed by atoms with van der Waals surface area (Å²) in [5.74, 6) is 1.77. The number of benzene rings is 2. The van der Waals surface area contributed by atoms with E-state index in [0.717, 1.165) is 41.5 Å². The first kappa shape index (κ1) is 20.8. The number of pyridine rings is 1. The van der Waals surface area contributed by atoms with E-state index in [1.165, 1.54) is 0 Å². The molecule has 32 heavy (non-hydrogen) atoms.